The van der Waals surface area contributed by atoms with Crippen molar-refractivity contribution in [2.24, 2.45) is 11.7 Å². The van der Waals surface area contributed by atoms with Crippen molar-refractivity contribution in [2.75, 3.05) is 0 Å². The lowest BCUT2D eigenvalue weighted by Crippen LogP contribution is -2.19. The van der Waals surface area contributed by atoms with Crippen LogP contribution >= 0.6 is 38.9 Å². The second-order valence-corrected chi connectivity index (χ2v) is 5.91. The third kappa shape index (κ3) is 2.72. The summed E-state index contributed by atoms with van der Waals surface area (Å²) in [5.41, 5.74) is 6.17. The molecule has 0 aromatic carbocycles. The zero-order valence-electron chi connectivity index (χ0n) is 8.39. The molecule has 0 aliphatic rings. The van der Waals surface area contributed by atoms with Crippen molar-refractivity contribution < 1.29 is 0 Å². The van der Waals surface area contributed by atoms with E-state index in [4.69, 9.17) is 17.3 Å². The van der Waals surface area contributed by atoms with Crippen LogP contribution in [0.25, 0.3) is 0 Å². The van der Waals surface area contributed by atoms with Gasteiger partial charge in [-0.25, -0.2) is 0 Å². The first-order valence-corrected chi connectivity index (χ1v) is 6.79. The topological polar surface area (TPSA) is 26.0 Å². The number of rotatable bonds is 4. The van der Waals surface area contributed by atoms with Crippen molar-refractivity contribution in [3.8, 4) is 0 Å². The van der Waals surface area contributed by atoms with E-state index in [0.717, 1.165) is 21.7 Å². The monoisotopic (exact) mass is 295 g/mol. The smallest absolute Gasteiger partial charge is 0.107 e. The lowest BCUT2D eigenvalue weighted by atomic mass is 9.94. The molecule has 1 unspecified atom stereocenters. The minimum absolute atomic E-state index is 0.124. The van der Waals surface area contributed by atoms with Crippen molar-refractivity contribution in [3.63, 3.8) is 0 Å². The molecule has 1 nitrogen and oxygen atoms in total. The van der Waals surface area contributed by atoms with Gasteiger partial charge in [0.1, 0.15) is 4.34 Å². The van der Waals surface area contributed by atoms with Crippen LogP contribution < -0.4 is 5.73 Å². The quantitative estimate of drug-likeness (QED) is 0.863. The van der Waals surface area contributed by atoms with Gasteiger partial charge >= 0.3 is 0 Å². The lowest BCUT2D eigenvalue weighted by Gasteiger charge is -2.19. The molecule has 0 radical (unpaired) electrons. The number of nitrogens with two attached hydrogens (primary N) is 1. The summed E-state index contributed by atoms with van der Waals surface area (Å²) in [5.74, 6) is 0.552. The average molecular weight is 297 g/mol. The summed E-state index contributed by atoms with van der Waals surface area (Å²) in [4.78, 5) is 1.18. The van der Waals surface area contributed by atoms with Crippen LogP contribution in [0.15, 0.2) is 10.5 Å². The molecule has 1 rings (SSSR count). The first kappa shape index (κ1) is 12.5. The molecule has 1 heterocycles. The second kappa shape index (κ2) is 5.50. The van der Waals surface area contributed by atoms with Gasteiger partial charge in [-0.2, -0.15) is 0 Å². The lowest BCUT2D eigenvalue weighted by molar-refractivity contribution is 0.410. The van der Waals surface area contributed by atoms with Crippen molar-refractivity contribution in [1.82, 2.24) is 0 Å². The number of thiophene rings is 1. The average Bonchev–Trinajstić information content (AvgIpc) is 2.49. The van der Waals surface area contributed by atoms with Gasteiger partial charge < -0.3 is 5.73 Å². The fraction of sp³-hybridized carbons (Fsp3) is 0.600. The first-order valence-electron chi connectivity index (χ1n) is 4.80. The van der Waals surface area contributed by atoms with Gasteiger partial charge in [-0.3, -0.25) is 0 Å². The van der Waals surface area contributed by atoms with Crippen molar-refractivity contribution in [3.05, 3.63) is 19.8 Å². The molecular formula is C10H15BrClNS. The summed E-state index contributed by atoms with van der Waals surface area (Å²) in [6.07, 6.45) is 2.23. The highest BCUT2D eigenvalue weighted by atomic mass is 79.9. The predicted octanol–water partition coefficient (Wildman–Crippen LogP) is 4.60. The van der Waals surface area contributed by atoms with Crippen LogP contribution in [0.5, 0.6) is 0 Å². The Balaban J connectivity index is 2.82. The standard InChI is InChI=1S/C10H15BrClNS/c1-3-6(4-2)9(13)8-5-7(11)10(12)14-8/h5-6,9H,3-4,13H2,1-2H3. The summed E-state index contributed by atoms with van der Waals surface area (Å²) < 4.78 is 1.75. The molecule has 2 N–H and O–H groups in total. The molecule has 80 valence electrons. The highest BCUT2D eigenvalue weighted by Gasteiger charge is 2.19. The summed E-state index contributed by atoms with van der Waals surface area (Å²) in [5, 5.41) is 0. The normalized spacial score (nSPS) is 13.6. The Labute approximate surface area is 103 Å². The van der Waals surface area contributed by atoms with E-state index in [1.807, 2.05) is 6.07 Å². The maximum absolute atomic E-state index is 6.17. The molecule has 0 saturated carbocycles. The maximum atomic E-state index is 6.17. The van der Waals surface area contributed by atoms with Crippen LogP contribution in [0.3, 0.4) is 0 Å². The van der Waals surface area contributed by atoms with E-state index < -0.39 is 0 Å². The number of hydrogen-bond acceptors (Lipinski definition) is 2. The molecule has 1 atom stereocenters. The van der Waals surface area contributed by atoms with Crippen molar-refractivity contribution in [1.29, 1.82) is 0 Å². The fourth-order valence-electron chi connectivity index (χ4n) is 1.56. The second-order valence-electron chi connectivity index (χ2n) is 3.37. The van der Waals surface area contributed by atoms with Crippen LogP contribution in [-0.2, 0) is 0 Å². The van der Waals surface area contributed by atoms with Crippen molar-refractivity contribution >= 4 is 38.9 Å². The highest BCUT2D eigenvalue weighted by molar-refractivity contribution is 9.10. The van der Waals surface area contributed by atoms with Gasteiger partial charge in [-0.05, 0) is 27.9 Å². The van der Waals surface area contributed by atoms with E-state index in [1.165, 1.54) is 4.88 Å². The number of hydrogen-bond donors (Lipinski definition) is 1. The van der Waals surface area contributed by atoms with E-state index in [0.29, 0.717) is 5.92 Å². The molecule has 1 aromatic rings. The molecule has 0 spiro atoms. The van der Waals surface area contributed by atoms with Gasteiger partial charge in [-0.15, -0.1) is 11.3 Å². The van der Waals surface area contributed by atoms with Gasteiger partial charge in [0.15, 0.2) is 0 Å². The number of halogens is 2. The Hall–Kier alpha value is 0.430. The summed E-state index contributed by atoms with van der Waals surface area (Å²) in [6.45, 7) is 4.36. The van der Waals surface area contributed by atoms with Crippen molar-refractivity contribution in [2.45, 2.75) is 32.7 Å². The third-order valence-corrected chi connectivity index (χ3v) is 5.13. The van der Waals surface area contributed by atoms with Crippen LogP contribution in [0.1, 0.15) is 37.6 Å². The molecule has 0 saturated heterocycles. The first-order chi connectivity index (χ1) is 6.60. The van der Waals surface area contributed by atoms with Crippen LogP contribution in [0.2, 0.25) is 4.34 Å². The molecule has 1 aromatic heterocycles. The fourth-order valence-corrected chi connectivity index (χ4v) is 3.39. The van der Waals surface area contributed by atoms with E-state index in [-0.39, 0.29) is 6.04 Å². The van der Waals surface area contributed by atoms with Gasteiger partial charge in [0.05, 0.1) is 0 Å². The van der Waals surface area contributed by atoms with E-state index in [9.17, 15) is 0 Å². The summed E-state index contributed by atoms with van der Waals surface area (Å²) in [6, 6.07) is 2.16. The Morgan fingerprint density at radius 2 is 2.07 bits per heavy atom. The van der Waals surface area contributed by atoms with E-state index in [1.54, 1.807) is 11.3 Å². The zero-order chi connectivity index (χ0) is 10.7. The third-order valence-electron chi connectivity index (χ3n) is 2.55. The summed E-state index contributed by atoms with van der Waals surface area (Å²) in [7, 11) is 0. The van der Waals surface area contributed by atoms with Crippen LogP contribution in [-0.4, -0.2) is 0 Å². The zero-order valence-corrected chi connectivity index (χ0v) is 11.5. The molecule has 0 amide bonds. The summed E-state index contributed by atoms with van der Waals surface area (Å²) >= 11 is 11.0. The largest absolute Gasteiger partial charge is 0.323 e. The van der Waals surface area contributed by atoms with Crippen LogP contribution in [0, 0.1) is 5.92 Å². The Bertz CT molecular complexity index is 277. The molecule has 0 aliphatic heterocycles. The maximum Gasteiger partial charge on any atom is 0.107 e. The Morgan fingerprint density at radius 1 is 1.50 bits per heavy atom. The molecular weight excluding hydrogens is 282 g/mol. The minimum Gasteiger partial charge on any atom is -0.323 e. The Kier molecular flexibility index (Phi) is 4.91. The predicted molar refractivity (Wildman–Crippen MR) is 68.0 cm³/mol. The Morgan fingerprint density at radius 3 is 2.43 bits per heavy atom. The van der Waals surface area contributed by atoms with Gasteiger partial charge in [0.2, 0.25) is 0 Å². The molecule has 14 heavy (non-hydrogen) atoms. The van der Waals surface area contributed by atoms with Crippen LogP contribution in [0.4, 0.5) is 0 Å². The van der Waals surface area contributed by atoms with E-state index >= 15 is 0 Å². The molecule has 0 fully saturated rings. The van der Waals surface area contributed by atoms with Gasteiger partial charge in [0.25, 0.3) is 0 Å². The van der Waals surface area contributed by atoms with E-state index in [2.05, 4.69) is 29.8 Å². The molecule has 4 heteroatoms. The highest BCUT2D eigenvalue weighted by Crippen LogP contribution is 2.37. The minimum atomic E-state index is 0.124. The molecule has 0 bridgehead atoms. The van der Waals surface area contributed by atoms with Gasteiger partial charge in [0, 0.05) is 15.4 Å². The SMILES string of the molecule is CCC(CC)C(N)c1cc(Br)c(Cl)s1. The molecule has 0 aliphatic carbocycles. The van der Waals surface area contributed by atoms with Gasteiger partial charge in [-0.1, -0.05) is 38.3 Å².